The molecule has 1 heterocycles. The molecular formula is C8H6FN5O2. The van der Waals surface area contributed by atoms with Gasteiger partial charge in [0.15, 0.2) is 5.82 Å². The summed E-state index contributed by atoms with van der Waals surface area (Å²) in [6.07, 6.45) is 0. The van der Waals surface area contributed by atoms with Crippen LogP contribution in [0.25, 0.3) is 11.4 Å². The van der Waals surface area contributed by atoms with Gasteiger partial charge < -0.3 is 0 Å². The second kappa shape index (κ2) is 3.65. The first kappa shape index (κ1) is 10.1. The minimum atomic E-state index is -0.730. The predicted octanol–water partition coefficient (Wildman–Crippen LogP) is 0.924. The molecule has 0 fully saturated rings. The molecule has 82 valence electrons. The molecule has 0 spiro atoms. The van der Waals surface area contributed by atoms with Gasteiger partial charge in [0.2, 0.25) is 0 Å². The normalized spacial score (nSPS) is 10.4. The number of nitro groups is 1. The molecule has 0 atom stereocenters. The summed E-state index contributed by atoms with van der Waals surface area (Å²) in [6.45, 7) is 0. The Bertz CT molecular complexity index is 553. The SMILES string of the molecule is Cn1nnnc1-c1ccc([N+](=O)[O-])cc1F. The molecule has 0 aliphatic heterocycles. The van der Waals surface area contributed by atoms with Crippen LogP contribution >= 0.6 is 0 Å². The number of halogens is 1. The maximum Gasteiger partial charge on any atom is 0.272 e. The molecule has 0 amide bonds. The van der Waals surface area contributed by atoms with Crippen LogP contribution in [0.5, 0.6) is 0 Å². The fourth-order valence-corrected chi connectivity index (χ4v) is 1.26. The molecule has 7 nitrogen and oxygen atoms in total. The Hall–Kier alpha value is -2.38. The summed E-state index contributed by atoms with van der Waals surface area (Å²) < 4.78 is 14.8. The van der Waals surface area contributed by atoms with Crippen LogP contribution in [-0.2, 0) is 7.05 Å². The Morgan fingerprint density at radius 2 is 2.25 bits per heavy atom. The van der Waals surface area contributed by atoms with Crippen LogP contribution in [0.4, 0.5) is 10.1 Å². The van der Waals surface area contributed by atoms with Crippen molar-refractivity contribution in [3.05, 3.63) is 34.1 Å². The van der Waals surface area contributed by atoms with Crippen LogP contribution in [0.15, 0.2) is 18.2 Å². The summed E-state index contributed by atoms with van der Waals surface area (Å²) in [5, 5.41) is 20.9. The number of tetrazole rings is 1. The highest BCUT2D eigenvalue weighted by molar-refractivity contribution is 5.57. The van der Waals surface area contributed by atoms with E-state index in [1.54, 1.807) is 7.05 Å². The van der Waals surface area contributed by atoms with Crippen LogP contribution in [0.2, 0.25) is 0 Å². The van der Waals surface area contributed by atoms with Gasteiger partial charge in [-0.1, -0.05) is 0 Å². The van der Waals surface area contributed by atoms with Crippen LogP contribution in [0, 0.1) is 15.9 Å². The first-order valence-corrected chi connectivity index (χ1v) is 4.26. The van der Waals surface area contributed by atoms with Gasteiger partial charge in [0.1, 0.15) is 5.82 Å². The highest BCUT2D eigenvalue weighted by Gasteiger charge is 2.15. The van der Waals surface area contributed by atoms with E-state index < -0.39 is 10.7 Å². The number of rotatable bonds is 2. The highest BCUT2D eigenvalue weighted by Crippen LogP contribution is 2.23. The van der Waals surface area contributed by atoms with Crippen molar-refractivity contribution >= 4 is 5.69 Å². The highest BCUT2D eigenvalue weighted by atomic mass is 19.1. The zero-order valence-corrected chi connectivity index (χ0v) is 8.16. The third-order valence-corrected chi connectivity index (χ3v) is 2.02. The summed E-state index contributed by atoms with van der Waals surface area (Å²) in [6, 6.07) is 3.32. The molecule has 8 heteroatoms. The molecule has 0 aliphatic carbocycles. The molecule has 0 unspecified atom stereocenters. The lowest BCUT2D eigenvalue weighted by atomic mass is 10.2. The maximum atomic E-state index is 13.5. The number of non-ortho nitro benzene ring substituents is 1. The fourth-order valence-electron chi connectivity index (χ4n) is 1.26. The lowest BCUT2D eigenvalue weighted by Gasteiger charge is -2.00. The molecule has 0 N–H and O–H groups in total. The number of nitro benzene ring substituents is 1. The van der Waals surface area contributed by atoms with Gasteiger partial charge in [-0.2, -0.15) is 0 Å². The van der Waals surface area contributed by atoms with E-state index in [2.05, 4.69) is 15.5 Å². The van der Waals surface area contributed by atoms with Gasteiger partial charge >= 0.3 is 0 Å². The summed E-state index contributed by atoms with van der Waals surface area (Å²) in [5.74, 6) is -0.514. The number of hydrogen-bond donors (Lipinski definition) is 0. The smallest absolute Gasteiger partial charge is 0.258 e. The monoisotopic (exact) mass is 223 g/mol. The van der Waals surface area contributed by atoms with E-state index in [-0.39, 0.29) is 17.1 Å². The van der Waals surface area contributed by atoms with Gasteiger partial charge in [-0.25, -0.2) is 9.07 Å². The number of nitrogens with zero attached hydrogens (tertiary/aromatic N) is 5. The van der Waals surface area contributed by atoms with Gasteiger partial charge in [0.05, 0.1) is 16.6 Å². The van der Waals surface area contributed by atoms with Crippen LogP contribution < -0.4 is 0 Å². The Labute approximate surface area is 88.7 Å². The van der Waals surface area contributed by atoms with Crippen molar-refractivity contribution in [1.29, 1.82) is 0 Å². The van der Waals surface area contributed by atoms with Gasteiger partial charge in [-0.05, 0) is 16.5 Å². The second-order valence-electron chi connectivity index (χ2n) is 3.05. The number of aryl methyl sites for hydroxylation is 1. The largest absolute Gasteiger partial charge is 0.272 e. The van der Waals surface area contributed by atoms with E-state index in [1.807, 2.05) is 0 Å². The zero-order valence-electron chi connectivity index (χ0n) is 8.16. The number of benzene rings is 1. The molecule has 0 saturated heterocycles. The number of aromatic nitrogens is 4. The average Bonchev–Trinajstić information content (AvgIpc) is 2.64. The van der Waals surface area contributed by atoms with E-state index in [9.17, 15) is 14.5 Å². The van der Waals surface area contributed by atoms with Crippen molar-refractivity contribution in [2.45, 2.75) is 0 Å². The van der Waals surface area contributed by atoms with Crippen molar-refractivity contribution in [1.82, 2.24) is 20.2 Å². The molecule has 1 aromatic carbocycles. The molecule has 16 heavy (non-hydrogen) atoms. The maximum absolute atomic E-state index is 13.5. The molecule has 2 aromatic rings. The topological polar surface area (TPSA) is 86.7 Å². The molecule has 0 saturated carbocycles. The first-order chi connectivity index (χ1) is 7.59. The van der Waals surface area contributed by atoms with Crippen molar-refractivity contribution in [3.63, 3.8) is 0 Å². The van der Waals surface area contributed by atoms with Gasteiger partial charge in [0.25, 0.3) is 5.69 Å². The third-order valence-electron chi connectivity index (χ3n) is 2.02. The van der Waals surface area contributed by atoms with Crippen molar-refractivity contribution < 1.29 is 9.31 Å². The number of hydrogen-bond acceptors (Lipinski definition) is 5. The third kappa shape index (κ3) is 1.60. The average molecular weight is 223 g/mol. The summed E-state index contributed by atoms with van der Waals surface area (Å²) in [4.78, 5) is 9.75. The Morgan fingerprint density at radius 3 is 2.75 bits per heavy atom. The fraction of sp³-hybridized carbons (Fsp3) is 0.125. The Balaban J connectivity index is 2.52. The standard InChI is InChI=1S/C8H6FN5O2/c1-13-8(10-11-12-13)6-3-2-5(14(15)16)4-7(6)9/h2-4H,1H3. The molecule has 0 aliphatic rings. The molecule has 0 bridgehead atoms. The Kier molecular flexibility index (Phi) is 2.31. The van der Waals surface area contributed by atoms with Crippen LogP contribution in [-0.4, -0.2) is 25.1 Å². The molecular weight excluding hydrogens is 217 g/mol. The van der Waals surface area contributed by atoms with Crippen molar-refractivity contribution in [2.24, 2.45) is 7.05 Å². The summed E-state index contributed by atoms with van der Waals surface area (Å²) in [7, 11) is 1.55. The van der Waals surface area contributed by atoms with E-state index in [1.165, 1.54) is 16.8 Å². The predicted molar refractivity (Wildman–Crippen MR) is 50.8 cm³/mol. The van der Waals surface area contributed by atoms with E-state index in [0.29, 0.717) is 0 Å². The molecule has 1 aromatic heterocycles. The molecule has 0 radical (unpaired) electrons. The first-order valence-electron chi connectivity index (χ1n) is 4.26. The lowest BCUT2D eigenvalue weighted by Crippen LogP contribution is -1.97. The summed E-state index contributed by atoms with van der Waals surface area (Å²) >= 11 is 0. The van der Waals surface area contributed by atoms with Gasteiger partial charge in [-0.3, -0.25) is 10.1 Å². The van der Waals surface area contributed by atoms with Crippen LogP contribution in [0.3, 0.4) is 0 Å². The van der Waals surface area contributed by atoms with Gasteiger partial charge in [-0.15, -0.1) is 5.10 Å². The van der Waals surface area contributed by atoms with Crippen molar-refractivity contribution in [3.8, 4) is 11.4 Å². The lowest BCUT2D eigenvalue weighted by molar-refractivity contribution is -0.385. The van der Waals surface area contributed by atoms with E-state index in [0.717, 1.165) is 6.07 Å². The molecule has 2 rings (SSSR count). The quantitative estimate of drug-likeness (QED) is 0.558. The minimum Gasteiger partial charge on any atom is -0.258 e. The van der Waals surface area contributed by atoms with Crippen molar-refractivity contribution in [2.75, 3.05) is 0 Å². The second-order valence-corrected chi connectivity index (χ2v) is 3.05. The van der Waals surface area contributed by atoms with E-state index in [4.69, 9.17) is 0 Å². The Morgan fingerprint density at radius 1 is 1.50 bits per heavy atom. The van der Waals surface area contributed by atoms with E-state index >= 15 is 0 Å². The van der Waals surface area contributed by atoms with Crippen LogP contribution in [0.1, 0.15) is 0 Å². The summed E-state index contributed by atoms with van der Waals surface area (Å²) in [5.41, 5.74) is -0.186. The minimum absolute atomic E-state index is 0.123. The zero-order chi connectivity index (χ0) is 11.7. The van der Waals surface area contributed by atoms with Gasteiger partial charge in [0, 0.05) is 13.1 Å².